The van der Waals surface area contributed by atoms with Gasteiger partial charge in [0.25, 0.3) is 0 Å². The lowest BCUT2D eigenvalue weighted by Crippen LogP contribution is -2.62. The minimum Gasteiger partial charge on any atom is -0.354 e. The molecule has 6 nitrogen and oxygen atoms in total. The summed E-state index contributed by atoms with van der Waals surface area (Å²) < 4.78 is 0. The van der Waals surface area contributed by atoms with E-state index in [4.69, 9.17) is 17.3 Å². The lowest BCUT2D eigenvalue weighted by Gasteiger charge is -2.60. The van der Waals surface area contributed by atoms with Crippen LogP contribution in [-0.2, 0) is 15.0 Å². The molecule has 7 heteroatoms. The number of hydrogen-bond donors (Lipinski definition) is 3. The molecule has 4 bridgehead atoms. The molecule has 2 amide bonds. The molecule has 4 unspecified atom stereocenters. The van der Waals surface area contributed by atoms with Crippen LogP contribution in [0.3, 0.4) is 0 Å². The quantitative estimate of drug-likeness (QED) is 0.512. The van der Waals surface area contributed by atoms with Crippen LogP contribution in [0.25, 0.3) is 0 Å². The van der Waals surface area contributed by atoms with E-state index in [1.807, 2.05) is 36.6 Å². The van der Waals surface area contributed by atoms with Crippen molar-refractivity contribution >= 4 is 29.6 Å². The summed E-state index contributed by atoms with van der Waals surface area (Å²) in [5.41, 5.74) is 7.23. The Morgan fingerprint density at radius 1 is 1.17 bits per heavy atom. The first kappa shape index (κ1) is 25.5. The Hall–Kier alpha value is -2.18. The minimum absolute atomic E-state index is 0.00386. The van der Waals surface area contributed by atoms with E-state index in [-0.39, 0.29) is 40.5 Å². The number of rotatable bonds is 7. The summed E-state index contributed by atoms with van der Waals surface area (Å²) in [6, 6.07) is 7.23. The molecule has 36 heavy (non-hydrogen) atoms. The van der Waals surface area contributed by atoms with Gasteiger partial charge < -0.3 is 16.4 Å². The van der Waals surface area contributed by atoms with Crippen molar-refractivity contribution in [3.05, 3.63) is 47.1 Å². The fourth-order valence-corrected chi connectivity index (χ4v) is 7.74. The zero-order valence-electron chi connectivity index (χ0n) is 21.5. The minimum atomic E-state index is -0.543. The summed E-state index contributed by atoms with van der Waals surface area (Å²) in [5, 5.41) is 7.15. The summed E-state index contributed by atoms with van der Waals surface area (Å²) in [6.45, 7) is 6.82. The third-order valence-corrected chi connectivity index (χ3v) is 9.69. The van der Waals surface area contributed by atoms with Crippen LogP contribution in [0.2, 0.25) is 5.02 Å². The maximum Gasteiger partial charge on any atom is 0.237 e. The van der Waals surface area contributed by atoms with E-state index in [1.165, 1.54) is 0 Å². The molecule has 0 saturated heterocycles. The van der Waals surface area contributed by atoms with Gasteiger partial charge in [-0.05, 0) is 79.5 Å². The van der Waals surface area contributed by atoms with E-state index in [1.54, 1.807) is 6.20 Å². The molecular weight excluding hydrogens is 472 g/mol. The monoisotopic (exact) mass is 510 g/mol. The lowest BCUT2D eigenvalue weighted by atomic mass is 9.45. The van der Waals surface area contributed by atoms with Gasteiger partial charge in [-0.15, -0.1) is 0 Å². The van der Waals surface area contributed by atoms with Crippen molar-refractivity contribution in [2.45, 2.75) is 70.4 Å². The van der Waals surface area contributed by atoms with Crippen molar-refractivity contribution in [1.29, 1.82) is 0 Å². The highest BCUT2D eigenvalue weighted by Crippen LogP contribution is 2.62. The van der Waals surface area contributed by atoms with Crippen LogP contribution in [-0.4, -0.2) is 36.7 Å². The van der Waals surface area contributed by atoms with E-state index in [2.05, 4.69) is 36.4 Å². The number of nitrogens with one attached hydrogen (secondary N) is 2. The van der Waals surface area contributed by atoms with Crippen molar-refractivity contribution in [2.24, 2.45) is 45.7 Å². The highest BCUT2D eigenvalue weighted by atomic mass is 35.5. The Balaban J connectivity index is 1.23. The molecule has 6 rings (SSSR count). The fourth-order valence-electron chi connectivity index (χ4n) is 7.61. The smallest absolute Gasteiger partial charge is 0.237 e. The molecule has 0 spiro atoms. The largest absolute Gasteiger partial charge is 0.354 e. The predicted molar refractivity (Wildman–Crippen MR) is 144 cm³/mol. The molecule has 4 N–H and O–H groups in total. The number of nitrogens with two attached hydrogens (primary N) is 1. The summed E-state index contributed by atoms with van der Waals surface area (Å²) in [4.78, 5) is 31.0. The third kappa shape index (κ3) is 4.74. The van der Waals surface area contributed by atoms with Crippen molar-refractivity contribution < 1.29 is 9.59 Å². The second-order valence-electron chi connectivity index (χ2n) is 12.5. The van der Waals surface area contributed by atoms with Crippen molar-refractivity contribution in [1.82, 2.24) is 10.6 Å². The van der Waals surface area contributed by atoms with E-state index in [9.17, 15) is 9.59 Å². The van der Waals surface area contributed by atoms with Crippen LogP contribution in [0.1, 0.15) is 58.4 Å². The van der Waals surface area contributed by atoms with Crippen LogP contribution in [0.4, 0.5) is 0 Å². The second kappa shape index (κ2) is 9.60. The number of benzene rings is 1. The van der Waals surface area contributed by atoms with Gasteiger partial charge in [-0.3, -0.25) is 14.6 Å². The van der Waals surface area contributed by atoms with E-state index < -0.39 is 6.04 Å². The van der Waals surface area contributed by atoms with Crippen molar-refractivity contribution in [3.63, 3.8) is 0 Å². The number of carbonyl (C=O) groups excluding carboxylic acids is 2. The maximum atomic E-state index is 13.6. The highest BCUT2D eigenvalue weighted by Gasteiger charge is 2.60. The van der Waals surface area contributed by atoms with Gasteiger partial charge in [0.2, 0.25) is 11.8 Å². The maximum absolute atomic E-state index is 13.6. The number of amides is 2. The molecule has 4 fully saturated rings. The Morgan fingerprint density at radius 3 is 2.47 bits per heavy atom. The lowest BCUT2D eigenvalue weighted by molar-refractivity contribution is -0.157. The molecule has 1 aliphatic heterocycles. The predicted octanol–water partition coefficient (Wildman–Crippen LogP) is 4.22. The van der Waals surface area contributed by atoms with Gasteiger partial charge in [-0.25, -0.2) is 0 Å². The van der Waals surface area contributed by atoms with Crippen molar-refractivity contribution in [2.75, 3.05) is 6.54 Å². The molecule has 1 aromatic rings. The first-order valence-corrected chi connectivity index (χ1v) is 13.8. The third-order valence-electron chi connectivity index (χ3n) is 9.44. The molecule has 1 heterocycles. The van der Waals surface area contributed by atoms with Crippen LogP contribution < -0.4 is 16.4 Å². The molecule has 5 aliphatic rings. The Morgan fingerprint density at radius 2 is 1.83 bits per heavy atom. The average molecular weight is 511 g/mol. The zero-order valence-corrected chi connectivity index (χ0v) is 22.3. The van der Waals surface area contributed by atoms with Gasteiger partial charge in [0, 0.05) is 35.3 Å². The van der Waals surface area contributed by atoms with Crippen LogP contribution in [0.15, 0.2) is 41.5 Å². The second-order valence-corrected chi connectivity index (χ2v) is 12.9. The topological polar surface area (TPSA) is 96.6 Å². The zero-order chi connectivity index (χ0) is 25.7. The van der Waals surface area contributed by atoms with Gasteiger partial charge in [0.1, 0.15) is 0 Å². The van der Waals surface area contributed by atoms with E-state index >= 15 is 0 Å². The number of nitrogens with zero attached hydrogens (tertiary/aromatic N) is 1. The van der Waals surface area contributed by atoms with Gasteiger partial charge in [-0.2, -0.15) is 0 Å². The average Bonchev–Trinajstić information content (AvgIpc) is 2.83. The normalized spacial score (nSPS) is 35.5. The molecule has 4 saturated carbocycles. The van der Waals surface area contributed by atoms with Gasteiger partial charge in [-0.1, -0.05) is 44.5 Å². The van der Waals surface area contributed by atoms with Gasteiger partial charge in [0.15, 0.2) is 0 Å². The van der Waals surface area contributed by atoms with Crippen LogP contribution in [0, 0.1) is 35.0 Å². The van der Waals surface area contributed by atoms with Crippen molar-refractivity contribution in [3.8, 4) is 0 Å². The molecule has 0 radical (unpaired) electrons. The van der Waals surface area contributed by atoms with Gasteiger partial charge >= 0.3 is 0 Å². The number of aliphatic imine (C=N–C) groups is 1. The van der Waals surface area contributed by atoms with Gasteiger partial charge in [0.05, 0.1) is 17.5 Å². The standard InChI is InChI=1S/C29H39ClN4O2/c1-17-15-32-9-8-23(17)34-27(36)29-12-18-10-19(13-29)24(20(11-18)14-29)25(31)26(35)33-16-28(2,3)21-4-6-22(30)7-5-21/h4-9,15,17-20,23-25H,10-14,16,31H2,1-3H3,(H,33,35)(H,34,36)/t17?,18?,19?,20?,23?,24?,25-,29?/m0/s1. The molecule has 5 atom stereocenters. The Bertz CT molecular complexity index is 1050. The van der Waals surface area contributed by atoms with Crippen LogP contribution >= 0.6 is 11.6 Å². The SMILES string of the molecule is CC1C=NC=CC1NC(=O)C12CC3CC(C1)C([C@H](N)C(=O)NCC(C)(C)c1ccc(Cl)cc1)C(C3)C2. The fraction of sp³-hybridized carbons (Fsp3) is 0.621. The van der Waals surface area contributed by atoms with E-state index in [0.29, 0.717) is 29.3 Å². The molecular formula is C29H39ClN4O2. The molecule has 194 valence electrons. The number of hydrogen-bond acceptors (Lipinski definition) is 4. The highest BCUT2D eigenvalue weighted by molar-refractivity contribution is 6.30. The molecule has 4 aliphatic carbocycles. The van der Waals surface area contributed by atoms with E-state index in [0.717, 1.165) is 37.7 Å². The molecule has 1 aromatic carbocycles. The Kier molecular flexibility index (Phi) is 6.80. The first-order chi connectivity index (χ1) is 17.1. The summed E-state index contributed by atoms with van der Waals surface area (Å²) in [7, 11) is 0. The number of halogens is 1. The van der Waals surface area contributed by atoms with Crippen LogP contribution in [0.5, 0.6) is 0 Å². The Labute approximate surface area is 219 Å². The summed E-state index contributed by atoms with van der Waals surface area (Å²) >= 11 is 6.04. The summed E-state index contributed by atoms with van der Waals surface area (Å²) in [6.07, 6.45) is 10.5. The number of carbonyl (C=O) groups is 2. The molecule has 0 aromatic heterocycles. The first-order valence-electron chi connectivity index (χ1n) is 13.4. The summed E-state index contributed by atoms with van der Waals surface area (Å²) in [5.74, 6) is 1.65.